The van der Waals surface area contributed by atoms with E-state index in [2.05, 4.69) is 29.8 Å². The van der Waals surface area contributed by atoms with Crippen molar-refractivity contribution in [3.8, 4) is 0 Å². The summed E-state index contributed by atoms with van der Waals surface area (Å²) in [6.45, 7) is 4.17. The Balaban J connectivity index is 2.92. The molecule has 2 unspecified atom stereocenters. The average molecular weight is 292 g/mol. The summed E-state index contributed by atoms with van der Waals surface area (Å²) in [6.07, 6.45) is 1.79. The van der Waals surface area contributed by atoms with E-state index in [0.29, 0.717) is 11.5 Å². The lowest BCUT2D eigenvalue weighted by Crippen LogP contribution is -2.15. The Morgan fingerprint density at radius 1 is 1.38 bits per heavy atom. The molecule has 0 fully saturated rings. The van der Waals surface area contributed by atoms with Gasteiger partial charge in [0, 0.05) is 6.04 Å². The van der Waals surface area contributed by atoms with Gasteiger partial charge < -0.3 is 5.73 Å². The Morgan fingerprint density at radius 3 is 2.56 bits per heavy atom. The molecular formula is C12H16BrF2N. The number of hydrogen-bond donors (Lipinski definition) is 1. The van der Waals surface area contributed by atoms with Gasteiger partial charge in [-0.2, -0.15) is 0 Å². The largest absolute Gasteiger partial charge is 0.324 e. The van der Waals surface area contributed by atoms with Crippen molar-refractivity contribution in [2.45, 2.75) is 32.7 Å². The van der Waals surface area contributed by atoms with Crippen LogP contribution in [-0.2, 0) is 0 Å². The summed E-state index contributed by atoms with van der Waals surface area (Å²) < 4.78 is 26.3. The predicted octanol–water partition coefficient (Wildman–Crippen LogP) is 4.16. The van der Waals surface area contributed by atoms with Crippen LogP contribution in [-0.4, -0.2) is 0 Å². The summed E-state index contributed by atoms with van der Waals surface area (Å²) in [5, 5.41) is 0. The molecule has 2 atom stereocenters. The molecule has 0 radical (unpaired) electrons. The van der Waals surface area contributed by atoms with Crippen LogP contribution in [0.3, 0.4) is 0 Å². The van der Waals surface area contributed by atoms with Gasteiger partial charge in [-0.25, -0.2) is 8.78 Å². The molecule has 0 spiro atoms. The fourth-order valence-electron chi connectivity index (χ4n) is 1.55. The Bertz CT molecular complexity index is 368. The van der Waals surface area contributed by atoms with Gasteiger partial charge in [-0.05, 0) is 39.9 Å². The second-order valence-corrected chi connectivity index (χ2v) is 4.91. The van der Waals surface area contributed by atoms with Crippen LogP contribution in [0.5, 0.6) is 0 Å². The average Bonchev–Trinajstić information content (AvgIpc) is 2.25. The van der Waals surface area contributed by atoms with Crippen molar-refractivity contribution in [2.24, 2.45) is 11.7 Å². The third-order valence-electron chi connectivity index (χ3n) is 2.82. The maximum absolute atomic E-state index is 13.3. The fourth-order valence-corrected chi connectivity index (χ4v) is 2.17. The van der Waals surface area contributed by atoms with Crippen LogP contribution < -0.4 is 5.73 Å². The zero-order valence-corrected chi connectivity index (χ0v) is 11.0. The van der Waals surface area contributed by atoms with Crippen LogP contribution in [0, 0.1) is 17.6 Å². The van der Waals surface area contributed by atoms with Gasteiger partial charge in [0.2, 0.25) is 0 Å². The molecule has 1 aromatic rings. The highest BCUT2D eigenvalue weighted by Crippen LogP contribution is 2.30. The molecule has 0 bridgehead atoms. The second-order valence-electron chi connectivity index (χ2n) is 4.12. The predicted molar refractivity (Wildman–Crippen MR) is 65.1 cm³/mol. The molecule has 0 saturated carbocycles. The van der Waals surface area contributed by atoms with E-state index in [-0.39, 0.29) is 10.5 Å². The van der Waals surface area contributed by atoms with Crippen LogP contribution in [0.1, 0.15) is 38.3 Å². The maximum atomic E-state index is 13.3. The third kappa shape index (κ3) is 3.01. The lowest BCUT2D eigenvalue weighted by molar-refractivity contribution is 0.454. The molecule has 0 amide bonds. The molecule has 0 saturated heterocycles. The lowest BCUT2D eigenvalue weighted by Gasteiger charge is -2.18. The van der Waals surface area contributed by atoms with Crippen molar-refractivity contribution in [3.05, 3.63) is 33.8 Å². The summed E-state index contributed by atoms with van der Waals surface area (Å²) >= 11 is 3.05. The minimum atomic E-state index is -0.864. The van der Waals surface area contributed by atoms with E-state index in [4.69, 9.17) is 5.73 Å². The summed E-state index contributed by atoms with van der Waals surface area (Å²) in [5.74, 6) is -1.25. The lowest BCUT2D eigenvalue weighted by atomic mass is 9.95. The monoisotopic (exact) mass is 291 g/mol. The number of rotatable bonds is 4. The Morgan fingerprint density at radius 2 is 2.00 bits per heavy atom. The van der Waals surface area contributed by atoms with E-state index in [1.807, 2.05) is 0 Å². The minimum Gasteiger partial charge on any atom is -0.324 e. The molecular weight excluding hydrogens is 276 g/mol. The molecule has 1 rings (SSSR count). The second kappa shape index (κ2) is 5.73. The molecule has 16 heavy (non-hydrogen) atoms. The van der Waals surface area contributed by atoms with Crippen LogP contribution in [0.25, 0.3) is 0 Å². The smallest absolute Gasteiger partial charge is 0.173 e. The van der Waals surface area contributed by atoms with Gasteiger partial charge in [-0.15, -0.1) is 0 Å². The van der Waals surface area contributed by atoms with Crippen LogP contribution in [0.15, 0.2) is 16.6 Å². The highest BCUT2D eigenvalue weighted by Gasteiger charge is 2.17. The third-order valence-corrected chi connectivity index (χ3v) is 3.62. The van der Waals surface area contributed by atoms with Gasteiger partial charge in [-0.1, -0.05) is 26.3 Å². The molecule has 0 heterocycles. The highest BCUT2D eigenvalue weighted by atomic mass is 79.9. The molecule has 0 aromatic heterocycles. The SMILES string of the molecule is CCC(C)CC(N)c1ccc(F)c(F)c1Br. The van der Waals surface area contributed by atoms with Gasteiger partial charge in [0.05, 0.1) is 4.47 Å². The molecule has 1 aromatic carbocycles. The van der Waals surface area contributed by atoms with Crippen molar-refractivity contribution in [2.75, 3.05) is 0 Å². The normalized spacial score (nSPS) is 14.9. The zero-order valence-electron chi connectivity index (χ0n) is 9.43. The van der Waals surface area contributed by atoms with Gasteiger partial charge in [-0.3, -0.25) is 0 Å². The van der Waals surface area contributed by atoms with E-state index in [0.717, 1.165) is 18.9 Å². The zero-order chi connectivity index (χ0) is 12.3. The summed E-state index contributed by atoms with van der Waals surface area (Å²) in [7, 11) is 0. The molecule has 0 aliphatic heterocycles. The summed E-state index contributed by atoms with van der Waals surface area (Å²) in [4.78, 5) is 0. The first-order valence-electron chi connectivity index (χ1n) is 5.36. The van der Waals surface area contributed by atoms with Gasteiger partial charge >= 0.3 is 0 Å². The Labute approximate surface area is 103 Å². The first-order valence-corrected chi connectivity index (χ1v) is 6.15. The van der Waals surface area contributed by atoms with Gasteiger partial charge in [0.1, 0.15) is 0 Å². The van der Waals surface area contributed by atoms with E-state index in [1.54, 1.807) is 0 Å². The number of halogens is 3. The van der Waals surface area contributed by atoms with Crippen LogP contribution in [0.2, 0.25) is 0 Å². The minimum absolute atomic E-state index is 0.142. The van der Waals surface area contributed by atoms with Crippen molar-refractivity contribution in [1.82, 2.24) is 0 Å². The Hall–Kier alpha value is -0.480. The fraction of sp³-hybridized carbons (Fsp3) is 0.500. The van der Waals surface area contributed by atoms with Crippen LogP contribution in [0.4, 0.5) is 8.78 Å². The van der Waals surface area contributed by atoms with Crippen molar-refractivity contribution >= 4 is 15.9 Å². The molecule has 0 aliphatic rings. The van der Waals surface area contributed by atoms with Gasteiger partial charge in [0.15, 0.2) is 11.6 Å². The van der Waals surface area contributed by atoms with Crippen molar-refractivity contribution < 1.29 is 8.78 Å². The Kier molecular flexibility index (Phi) is 4.87. The molecule has 2 N–H and O–H groups in total. The molecule has 90 valence electrons. The highest BCUT2D eigenvalue weighted by molar-refractivity contribution is 9.10. The maximum Gasteiger partial charge on any atom is 0.173 e. The summed E-state index contributed by atoms with van der Waals surface area (Å²) in [5.41, 5.74) is 6.60. The summed E-state index contributed by atoms with van der Waals surface area (Å²) in [6, 6.07) is 2.39. The van der Waals surface area contributed by atoms with E-state index in [1.165, 1.54) is 6.07 Å². The molecule has 4 heteroatoms. The standard InChI is InChI=1S/C12H16BrF2N/c1-3-7(2)6-10(16)8-4-5-9(14)12(15)11(8)13/h4-5,7,10H,3,6,16H2,1-2H3. The van der Waals surface area contributed by atoms with Crippen molar-refractivity contribution in [3.63, 3.8) is 0 Å². The van der Waals surface area contributed by atoms with Gasteiger partial charge in [0.25, 0.3) is 0 Å². The van der Waals surface area contributed by atoms with Crippen LogP contribution >= 0.6 is 15.9 Å². The first-order chi connectivity index (χ1) is 7.47. The molecule has 0 aliphatic carbocycles. The van der Waals surface area contributed by atoms with Crippen molar-refractivity contribution in [1.29, 1.82) is 0 Å². The topological polar surface area (TPSA) is 26.0 Å². The first kappa shape index (κ1) is 13.6. The number of benzene rings is 1. The van der Waals surface area contributed by atoms with E-state index < -0.39 is 11.6 Å². The molecule has 1 nitrogen and oxygen atoms in total. The number of nitrogens with two attached hydrogens (primary N) is 1. The quantitative estimate of drug-likeness (QED) is 0.828. The van der Waals surface area contributed by atoms with E-state index >= 15 is 0 Å². The number of hydrogen-bond acceptors (Lipinski definition) is 1. The van der Waals surface area contributed by atoms with E-state index in [9.17, 15) is 8.78 Å².